The molecule has 2 aliphatic rings. The molecule has 2 aromatic rings. The number of ether oxygens (including phenoxy) is 7. The Balaban J connectivity index is 1.57. The summed E-state index contributed by atoms with van der Waals surface area (Å²) >= 11 is 0. The van der Waals surface area contributed by atoms with E-state index in [0.29, 0.717) is 0 Å². The van der Waals surface area contributed by atoms with Crippen molar-refractivity contribution in [2.75, 3.05) is 18.9 Å². The molecule has 0 saturated carbocycles. The molecular formula is C27H36FN5O20P2. The molecule has 2 fully saturated rings. The standard InChI is InChI=1S/C27H36FN5O20P2/c1-10(34)44-6-16(46-11(2)35)20-21(47-12(3)36)22(48-13(4)37)23(49-14(5)38)27(51-20)52-55(42,43)53-54(40,41)45-7-15-19(39)17(28)26(50-15)33-9-32-18-24(29)30-8-31-25(18)33/h8-9,15-17,19-23,26-27,39H,6-7H2,1-5H3,(H,40,41)(H,42,43)(H2,29,30,31)/t15-,16-,17-,19-,20-,21-,22+,23+,26-,27+/m1/s1. The van der Waals surface area contributed by atoms with E-state index in [0.717, 1.165) is 51.8 Å². The summed E-state index contributed by atoms with van der Waals surface area (Å²) in [5, 5.41) is 10.5. The van der Waals surface area contributed by atoms with Crippen LogP contribution < -0.4 is 5.73 Å². The molecule has 28 heteroatoms. The number of alkyl halides is 1. The molecule has 4 rings (SSSR count). The van der Waals surface area contributed by atoms with Crippen molar-refractivity contribution in [1.82, 2.24) is 19.5 Å². The Morgan fingerprint density at radius 2 is 1.51 bits per heavy atom. The molecule has 2 aliphatic heterocycles. The lowest BCUT2D eigenvalue weighted by atomic mass is 9.94. The molecule has 2 saturated heterocycles. The lowest BCUT2D eigenvalue weighted by Crippen LogP contribution is -2.65. The molecule has 12 atom stereocenters. The van der Waals surface area contributed by atoms with Crippen molar-refractivity contribution in [2.24, 2.45) is 0 Å². The number of nitrogens with two attached hydrogens (primary N) is 1. The predicted octanol–water partition coefficient (Wildman–Crippen LogP) is -0.730. The number of rotatable bonds is 15. The van der Waals surface area contributed by atoms with Gasteiger partial charge in [-0.05, 0) is 0 Å². The van der Waals surface area contributed by atoms with Gasteiger partial charge in [-0.15, -0.1) is 0 Å². The van der Waals surface area contributed by atoms with Crippen molar-refractivity contribution in [2.45, 2.75) is 96.0 Å². The summed E-state index contributed by atoms with van der Waals surface area (Å²) in [6.45, 7) is 2.58. The zero-order valence-electron chi connectivity index (χ0n) is 29.3. The first-order valence-electron chi connectivity index (χ1n) is 15.7. The second-order valence-corrected chi connectivity index (χ2v) is 14.6. The highest BCUT2D eigenvalue weighted by Crippen LogP contribution is 2.62. The molecule has 2 unspecified atom stereocenters. The number of aliphatic hydroxyl groups is 1. The molecule has 0 bridgehead atoms. The summed E-state index contributed by atoms with van der Waals surface area (Å²) in [6.07, 6.45) is -17.4. The number of esters is 5. The van der Waals surface area contributed by atoms with Crippen LogP contribution in [0.15, 0.2) is 12.7 Å². The van der Waals surface area contributed by atoms with Gasteiger partial charge in [-0.2, -0.15) is 4.31 Å². The molecule has 55 heavy (non-hydrogen) atoms. The van der Waals surface area contributed by atoms with Crippen LogP contribution in [-0.2, 0) is 79.6 Å². The number of aliphatic hydroxyl groups excluding tert-OH is 1. The summed E-state index contributed by atoms with van der Waals surface area (Å²) in [6, 6.07) is 0. The number of carbonyl (C=O) groups excluding carboxylic acids is 5. The van der Waals surface area contributed by atoms with E-state index in [1.165, 1.54) is 0 Å². The summed E-state index contributed by atoms with van der Waals surface area (Å²) < 4.78 is 93.1. The van der Waals surface area contributed by atoms with Gasteiger partial charge in [0.25, 0.3) is 0 Å². The minimum Gasteiger partial charge on any atom is -0.462 e. The third-order valence-corrected chi connectivity index (χ3v) is 9.97. The van der Waals surface area contributed by atoms with Crippen LogP contribution in [0.3, 0.4) is 0 Å². The van der Waals surface area contributed by atoms with E-state index in [-0.39, 0.29) is 17.0 Å². The normalized spacial score (nSPS) is 29.3. The summed E-state index contributed by atoms with van der Waals surface area (Å²) in [4.78, 5) is 92.7. The summed E-state index contributed by atoms with van der Waals surface area (Å²) in [5.74, 6) is -5.27. The maximum Gasteiger partial charge on any atom is 0.483 e. The monoisotopic (exact) mass is 831 g/mol. The molecule has 0 radical (unpaired) electrons. The maximum absolute atomic E-state index is 15.2. The molecular weight excluding hydrogens is 795 g/mol. The number of phosphoric acid groups is 2. The van der Waals surface area contributed by atoms with Gasteiger partial charge < -0.3 is 53.8 Å². The number of hydrogen-bond acceptors (Lipinski definition) is 22. The first kappa shape index (κ1) is 43.5. The van der Waals surface area contributed by atoms with Gasteiger partial charge >= 0.3 is 45.5 Å². The average molecular weight is 832 g/mol. The topological polar surface area (TPSA) is 342 Å². The molecule has 306 valence electrons. The minimum absolute atomic E-state index is 0.0170. The fourth-order valence-electron chi connectivity index (χ4n) is 5.39. The second-order valence-electron chi connectivity index (χ2n) is 11.6. The van der Waals surface area contributed by atoms with Gasteiger partial charge in [0.1, 0.15) is 36.8 Å². The zero-order chi connectivity index (χ0) is 41.0. The lowest BCUT2D eigenvalue weighted by molar-refractivity contribution is -0.301. The van der Waals surface area contributed by atoms with Gasteiger partial charge in [0.15, 0.2) is 48.3 Å². The number of fused-ring (bicyclic) bond motifs is 1. The highest BCUT2D eigenvalue weighted by molar-refractivity contribution is 7.61. The van der Waals surface area contributed by atoms with E-state index in [9.17, 15) is 48.0 Å². The molecule has 25 nitrogen and oxygen atoms in total. The quantitative estimate of drug-likeness (QED) is 0.0976. The molecule has 0 aliphatic carbocycles. The van der Waals surface area contributed by atoms with Gasteiger partial charge in [-0.25, -0.2) is 28.5 Å². The van der Waals surface area contributed by atoms with Gasteiger partial charge in [-0.3, -0.25) is 37.6 Å². The fraction of sp³-hybridized carbons (Fsp3) is 0.630. The number of aromatic nitrogens is 4. The number of nitrogen functional groups attached to an aromatic ring is 1. The molecule has 4 heterocycles. The number of carbonyl (C=O) groups is 5. The number of nitrogens with zero attached hydrogens (tertiary/aromatic N) is 4. The maximum atomic E-state index is 15.2. The molecule has 5 N–H and O–H groups in total. The van der Waals surface area contributed by atoms with E-state index < -0.39 is 120 Å². The van der Waals surface area contributed by atoms with Gasteiger partial charge in [0.2, 0.25) is 6.29 Å². The van der Waals surface area contributed by atoms with Crippen LogP contribution >= 0.6 is 15.6 Å². The Bertz CT molecular complexity index is 1870. The highest BCUT2D eigenvalue weighted by atomic mass is 31.3. The summed E-state index contributed by atoms with van der Waals surface area (Å²) in [7, 11) is -11.7. The Hall–Kier alpha value is -4.23. The Kier molecular flexibility index (Phi) is 14.0. The van der Waals surface area contributed by atoms with Crippen molar-refractivity contribution in [3.05, 3.63) is 12.7 Å². The molecule has 0 spiro atoms. The van der Waals surface area contributed by atoms with Crippen LogP contribution in [0.25, 0.3) is 11.2 Å². The highest BCUT2D eigenvalue weighted by Gasteiger charge is 2.57. The third kappa shape index (κ3) is 11.2. The molecule has 0 amide bonds. The van der Waals surface area contributed by atoms with Crippen LogP contribution in [-0.4, -0.2) is 133 Å². The van der Waals surface area contributed by atoms with Crippen LogP contribution in [0, 0.1) is 0 Å². The summed E-state index contributed by atoms with van der Waals surface area (Å²) in [5.41, 5.74) is 5.84. The van der Waals surface area contributed by atoms with E-state index in [1.54, 1.807) is 0 Å². The fourth-order valence-corrected chi connectivity index (χ4v) is 7.54. The van der Waals surface area contributed by atoms with Crippen LogP contribution in [0.2, 0.25) is 0 Å². The molecule has 2 aromatic heterocycles. The van der Waals surface area contributed by atoms with Crippen molar-refractivity contribution in [1.29, 1.82) is 0 Å². The van der Waals surface area contributed by atoms with E-state index in [2.05, 4.69) is 19.3 Å². The number of hydrogen-bond donors (Lipinski definition) is 4. The van der Waals surface area contributed by atoms with Crippen molar-refractivity contribution in [3.63, 3.8) is 0 Å². The van der Waals surface area contributed by atoms with E-state index in [1.807, 2.05) is 0 Å². The van der Waals surface area contributed by atoms with Crippen molar-refractivity contribution < 1.29 is 98.9 Å². The van der Waals surface area contributed by atoms with Crippen LogP contribution in [0.4, 0.5) is 10.2 Å². The third-order valence-electron chi connectivity index (χ3n) is 7.37. The minimum atomic E-state index is -5.97. The lowest BCUT2D eigenvalue weighted by Gasteiger charge is -2.45. The van der Waals surface area contributed by atoms with E-state index in [4.69, 9.17) is 47.9 Å². The number of imidazole rings is 1. The number of anilines is 1. The second kappa shape index (κ2) is 17.7. The first-order chi connectivity index (χ1) is 25.6. The first-order valence-corrected chi connectivity index (χ1v) is 18.7. The SMILES string of the molecule is CC(=O)OC[C@@H](OC(C)=O)[C@H]1O[C@@H](OP(=O)(O)OP(=O)(O)OC[C@H]2O[C@@H](n3cnc4c(N)ncnc43)[C@H](F)[C@@H]2O)[C@@H](OC(C)=O)[C@@H](OC(C)=O)[C@@H]1OC(C)=O. The average Bonchev–Trinajstić information content (AvgIpc) is 3.60. The predicted molar refractivity (Wildman–Crippen MR) is 170 cm³/mol. The smallest absolute Gasteiger partial charge is 0.462 e. The zero-order valence-corrected chi connectivity index (χ0v) is 31.1. The van der Waals surface area contributed by atoms with E-state index >= 15 is 4.39 Å². The molecule has 0 aromatic carbocycles. The van der Waals surface area contributed by atoms with Crippen LogP contribution in [0.5, 0.6) is 0 Å². The van der Waals surface area contributed by atoms with Crippen molar-refractivity contribution in [3.8, 4) is 0 Å². The number of halogens is 1. The van der Waals surface area contributed by atoms with Crippen molar-refractivity contribution >= 4 is 62.5 Å². The van der Waals surface area contributed by atoms with Gasteiger partial charge in [0, 0.05) is 34.6 Å². The number of phosphoric ester groups is 2. The van der Waals surface area contributed by atoms with Gasteiger partial charge in [-0.1, -0.05) is 0 Å². The largest absolute Gasteiger partial charge is 0.483 e. The van der Waals surface area contributed by atoms with Crippen LogP contribution in [0.1, 0.15) is 40.8 Å². The Morgan fingerprint density at radius 1 is 0.891 bits per heavy atom. The Labute approximate surface area is 308 Å². The Morgan fingerprint density at radius 3 is 2.11 bits per heavy atom. The van der Waals surface area contributed by atoms with Gasteiger partial charge in [0.05, 0.1) is 12.9 Å².